The number of benzene rings is 1. The Morgan fingerprint density at radius 3 is 2.65 bits per heavy atom. The highest BCUT2D eigenvalue weighted by molar-refractivity contribution is 5.95. The average Bonchev–Trinajstić information content (AvgIpc) is 2.75. The summed E-state index contributed by atoms with van der Waals surface area (Å²) in [6, 6.07) is 8.63. The standard InChI is InChI=1S/C13H11N3O/c1-10-7-15-16(8-10)9-13(17)12-4-2-11(6-14)3-5-12/h2-5,7-8H,9H2,1H3. The first-order valence-corrected chi connectivity index (χ1v) is 5.21. The van der Waals surface area contributed by atoms with E-state index in [-0.39, 0.29) is 12.3 Å². The van der Waals surface area contributed by atoms with Crippen LogP contribution in [-0.4, -0.2) is 15.6 Å². The van der Waals surface area contributed by atoms with Gasteiger partial charge in [-0.3, -0.25) is 9.48 Å². The maximum Gasteiger partial charge on any atom is 0.184 e. The summed E-state index contributed by atoms with van der Waals surface area (Å²) in [4.78, 5) is 11.9. The fourth-order valence-corrected chi connectivity index (χ4v) is 1.52. The second kappa shape index (κ2) is 4.62. The van der Waals surface area contributed by atoms with Gasteiger partial charge in [-0.15, -0.1) is 0 Å². The van der Waals surface area contributed by atoms with E-state index < -0.39 is 0 Å². The van der Waals surface area contributed by atoms with Crippen LogP contribution in [0.4, 0.5) is 0 Å². The van der Waals surface area contributed by atoms with Crippen molar-refractivity contribution in [2.75, 3.05) is 0 Å². The molecule has 0 atom stereocenters. The van der Waals surface area contributed by atoms with Gasteiger partial charge in [0.15, 0.2) is 5.78 Å². The Morgan fingerprint density at radius 2 is 2.12 bits per heavy atom. The van der Waals surface area contributed by atoms with Crippen LogP contribution in [0.1, 0.15) is 21.5 Å². The van der Waals surface area contributed by atoms with Crippen LogP contribution in [0.15, 0.2) is 36.7 Å². The molecule has 2 aromatic rings. The summed E-state index contributed by atoms with van der Waals surface area (Å²) in [7, 11) is 0. The second-order valence-corrected chi connectivity index (χ2v) is 3.83. The summed E-state index contributed by atoms with van der Waals surface area (Å²) in [6.45, 7) is 2.15. The number of aryl methyl sites for hydroxylation is 1. The van der Waals surface area contributed by atoms with Crippen molar-refractivity contribution < 1.29 is 4.79 Å². The van der Waals surface area contributed by atoms with Gasteiger partial charge in [-0.25, -0.2) is 0 Å². The second-order valence-electron chi connectivity index (χ2n) is 3.83. The number of hydrogen-bond acceptors (Lipinski definition) is 3. The Balaban J connectivity index is 2.12. The molecule has 17 heavy (non-hydrogen) atoms. The van der Waals surface area contributed by atoms with Crippen molar-refractivity contribution in [1.29, 1.82) is 5.26 Å². The van der Waals surface area contributed by atoms with Crippen LogP contribution in [0.3, 0.4) is 0 Å². The fraction of sp³-hybridized carbons (Fsp3) is 0.154. The van der Waals surface area contributed by atoms with Gasteiger partial charge < -0.3 is 0 Å². The van der Waals surface area contributed by atoms with Gasteiger partial charge in [0.1, 0.15) is 6.54 Å². The largest absolute Gasteiger partial charge is 0.292 e. The van der Waals surface area contributed by atoms with Gasteiger partial charge in [-0.2, -0.15) is 10.4 Å². The molecule has 0 fully saturated rings. The van der Waals surface area contributed by atoms with E-state index in [1.54, 1.807) is 35.1 Å². The molecule has 0 radical (unpaired) electrons. The quantitative estimate of drug-likeness (QED) is 0.750. The molecule has 0 bridgehead atoms. The molecule has 0 saturated heterocycles. The van der Waals surface area contributed by atoms with Crippen LogP contribution in [0.5, 0.6) is 0 Å². The molecule has 1 aromatic heterocycles. The summed E-state index contributed by atoms with van der Waals surface area (Å²) >= 11 is 0. The highest BCUT2D eigenvalue weighted by Crippen LogP contribution is 2.06. The molecular formula is C13H11N3O. The van der Waals surface area contributed by atoms with E-state index in [1.807, 2.05) is 19.2 Å². The molecular weight excluding hydrogens is 214 g/mol. The van der Waals surface area contributed by atoms with Crippen molar-refractivity contribution in [2.24, 2.45) is 0 Å². The number of ketones is 1. The molecule has 0 aliphatic heterocycles. The van der Waals surface area contributed by atoms with Crippen LogP contribution in [0.25, 0.3) is 0 Å². The number of nitriles is 1. The Bertz CT molecular complexity index is 575. The van der Waals surface area contributed by atoms with E-state index in [2.05, 4.69) is 5.10 Å². The van der Waals surface area contributed by atoms with Crippen molar-refractivity contribution in [3.8, 4) is 6.07 Å². The fourth-order valence-electron chi connectivity index (χ4n) is 1.52. The van der Waals surface area contributed by atoms with Crippen LogP contribution in [-0.2, 0) is 6.54 Å². The number of Topliss-reactive ketones (excluding diaryl/α,β-unsaturated/α-hetero) is 1. The van der Waals surface area contributed by atoms with E-state index in [9.17, 15) is 4.79 Å². The molecule has 4 nitrogen and oxygen atoms in total. The minimum atomic E-state index is -0.0161. The highest BCUT2D eigenvalue weighted by Gasteiger charge is 2.07. The van der Waals surface area contributed by atoms with Gasteiger partial charge in [0.2, 0.25) is 0 Å². The lowest BCUT2D eigenvalue weighted by atomic mass is 10.1. The third-order valence-corrected chi connectivity index (χ3v) is 2.40. The summed E-state index contributed by atoms with van der Waals surface area (Å²) < 4.78 is 1.61. The highest BCUT2D eigenvalue weighted by atomic mass is 16.1. The Morgan fingerprint density at radius 1 is 1.41 bits per heavy atom. The lowest BCUT2D eigenvalue weighted by Crippen LogP contribution is -2.10. The van der Waals surface area contributed by atoms with Crippen LogP contribution in [0, 0.1) is 18.3 Å². The molecule has 0 saturated carbocycles. The molecule has 1 aromatic carbocycles. The lowest BCUT2D eigenvalue weighted by Gasteiger charge is -2.01. The predicted octanol–water partition coefficient (Wildman–Crippen LogP) is 1.95. The number of rotatable bonds is 3. The van der Waals surface area contributed by atoms with E-state index in [4.69, 9.17) is 5.26 Å². The number of carbonyl (C=O) groups is 1. The molecule has 0 aliphatic rings. The minimum Gasteiger partial charge on any atom is -0.292 e. The van der Waals surface area contributed by atoms with Gasteiger partial charge in [-0.1, -0.05) is 12.1 Å². The third kappa shape index (κ3) is 2.58. The number of aromatic nitrogens is 2. The van der Waals surface area contributed by atoms with E-state index in [0.717, 1.165) is 5.56 Å². The Hall–Kier alpha value is -2.41. The van der Waals surface area contributed by atoms with Crippen molar-refractivity contribution in [2.45, 2.75) is 13.5 Å². The summed E-state index contributed by atoms with van der Waals surface area (Å²) in [5.41, 5.74) is 2.17. The van der Waals surface area contributed by atoms with Crippen molar-refractivity contribution >= 4 is 5.78 Å². The lowest BCUT2D eigenvalue weighted by molar-refractivity contribution is 0.0967. The van der Waals surface area contributed by atoms with Crippen LogP contribution in [0.2, 0.25) is 0 Å². The first-order valence-electron chi connectivity index (χ1n) is 5.21. The van der Waals surface area contributed by atoms with Crippen molar-refractivity contribution in [3.05, 3.63) is 53.3 Å². The van der Waals surface area contributed by atoms with E-state index >= 15 is 0 Å². The molecule has 0 spiro atoms. The number of carbonyl (C=O) groups excluding carboxylic acids is 1. The van der Waals surface area contributed by atoms with Gasteiger partial charge >= 0.3 is 0 Å². The van der Waals surface area contributed by atoms with Gasteiger partial charge in [0, 0.05) is 11.8 Å². The smallest absolute Gasteiger partial charge is 0.184 e. The topological polar surface area (TPSA) is 58.7 Å². The molecule has 2 rings (SSSR count). The minimum absolute atomic E-state index is 0.0161. The first-order chi connectivity index (χ1) is 8.19. The molecule has 0 amide bonds. The number of hydrogen-bond donors (Lipinski definition) is 0. The van der Waals surface area contributed by atoms with Gasteiger partial charge in [0.05, 0.1) is 17.8 Å². The summed E-state index contributed by atoms with van der Waals surface area (Å²) in [5.74, 6) is -0.0161. The third-order valence-electron chi connectivity index (χ3n) is 2.40. The summed E-state index contributed by atoms with van der Waals surface area (Å²) in [6.07, 6.45) is 3.54. The monoisotopic (exact) mass is 225 g/mol. The van der Waals surface area contributed by atoms with Gasteiger partial charge in [0.25, 0.3) is 0 Å². The summed E-state index contributed by atoms with van der Waals surface area (Å²) in [5, 5.41) is 12.7. The first kappa shape index (κ1) is 11.1. The Labute approximate surface area is 99.1 Å². The molecule has 0 aliphatic carbocycles. The number of nitrogens with zero attached hydrogens (tertiary/aromatic N) is 3. The average molecular weight is 225 g/mol. The molecule has 1 heterocycles. The zero-order valence-electron chi connectivity index (χ0n) is 9.42. The Kier molecular flexibility index (Phi) is 3.01. The van der Waals surface area contributed by atoms with Gasteiger partial charge in [-0.05, 0) is 24.6 Å². The van der Waals surface area contributed by atoms with Crippen LogP contribution < -0.4 is 0 Å². The maximum absolute atomic E-state index is 11.9. The van der Waals surface area contributed by atoms with Crippen molar-refractivity contribution in [3.63, 3.8) is 0 Å². The predicted molar refractivity (Wildman–Crippen MR) is 62.5 cm³/mol. The van der Waals surface area contributed by atoms with Crippen LogP contribution >= 0.6 is 0 Å². The molecule has 4 heteroatoms. The molecule has 0 N–H and O–H groups in total. The zero-order chi connectivity index (χ0) is 12.3. The van der Waals surface area contributed by atoms with E-state index in [0.29, 0.717) is 11.1 Å². The maximum atomic E-state index is 11.9. The molecule has 84 valence electrons. The molecule has 0 unspecified atom stereocenters. The van der Waals surface area contributed by atoms with Crippen molar-refractivity contribution in [1.82, 2.24) is 9.78 Å². The normalized spacial score (nSPS) is 9.88. The SMILES string of the molecule is Cc1cnn(CC(=O)c2ccc(C#N)cc2)c1. The van der Waals surface area contributed by atoms with E-state index in [1.165, 1.54) is 0 Å². The zero-order valence-corrected chi connectivity index (χ0v) is 9.42.